The Bertz CT molecular complexity index is 529. The molecule has 1 aliphatic carbocycles. The normalized spacial score (nSPS) is 15.7. The largest absolute Gasteiger partial charge is 0.396 e. The maximum absolute atomic E-state index is 11.6. The number of carbonyl (C=O) groups is 1. The molecule has 1 aromatic rings. The highest BCUT2D eigenvalue weighted by molar-refractivity contribution is 5.80. The van der Waals surface area contributed by atoms with Crippen LogP contribution in [0.25, 0.3) is 0 Å². The van der Waals surface area contributed by atoms with Crippen molar-refractivity contribution < 1.29 is 9.90 Å². The Balaban J connectivity index is 1.65. The van der Waals surface area contributed by atoms with Crippen LogP contribution in [0, 0.1) is 0 Å². The van der Waals surface area contributed by atoms with E-state index in [4.69, 9.17) is 0 Å². The van der Waals surface area contributed by atoms with Gasteiger partial charge in [-0.2, -0.15) is 0 Å². The van der Waals surface area contributed by atoms with Gasteiger partial charge in [0.1, 0.15) is 0 Å². The van der Waals surface area contributed by atoms with Crippen LogP contribution < -0.4 is 16.0 Å². The molecule has 0 heterocycles. The lowest BCUT2D eigenvalue weighted by molar-refractivity contribution is -0.121. The molecule has 0 radical (unpaired) electrons. The summed E-state index contributed by atoms with van der Waals surface area (Å²) in [4.78, 5) is 15.8. The van der Waals surface area contributed by atoms with Crippen LogP contribution >= 0.6 is 0 Å². The standard InChI is InChI=1S/C18H28N4O2/c1-19-18(20-11-5-8-17(24)22-16-9-10-16)21-12-15(13-23)14-6-3-2-4-7-14/h2-4,6-7,15-16,23H,5,8-13H2,1H3,(H,22,24)(H2,19,20,21). The second-order valence-corrected chi connectivity index (χ2v) is 6.12. The summed E-state index contributed by atoms with van der Waals surface area (Å²) in [5, 5.41) is 19.0. The fourth-order valence-corrected chi connectivity index (χ4v) is 2.44. The van der Waals surface area contributed by atoms with Crippen molar-refractivity contribution in [3.05, 3.63) is 35.9 Å². The molecule has 1 saturated carbocycles. The van der Waals surface area contributed by atoms with Gasteiger partial charge in [0, 0.05) is 38.5 Å². The van der Waals surface area contributed by atoms with Gasteiger partial charge < -0.3 is 21.1 Å². The van der Waals surface area contributed by atoms with Crippen LogP contribution in [-0.4, -0.2) is 49.8 Å². The van der Waals surface area contributed by atoms with Crippen LogP contribution in [0.5, 0.6) is 0 Å². The number of aliphatic imine (C=N–C) groups is 1. The number of benzene rings is 1. The summed E-state index contributed by atoms with van der Waals surface area (Å²) < 4.78 is 0. The van der Waals surface area contributed by atoms with Crippen LogP contribution in [0.1, 0.15) is 37.2 Å². The highest BCUT2D eigenvalue weighted by atomic mass is 16.3. The van der Waals surface area contributed by atoms with E-state index in [1.54, 1.807) is 7.05 Å². The van der Waals surface area contributed by atoms with E-state index in [1.165, 1.54) is 0 Å². The third-order valence-electron chi connectivity index (χ3n) is 4.05. The van der Waals surface area contributed by atoms with Crippen molar-refractivity contribution in [1.29, 1.82) is 0 Å². The lowest BCUT2D eigenvalue weighted by Crippen LogP contribution is -2.40. The predicted octanol–water partition coefficient (Wildman–Crippen LogP) is 0.986. The number of hydrogen-bond acceptors (Lipinski definition) is 3. The molecule has 6 heteroatoms. The zero-order valence-electron chi connectivity index (χ0n) is 14.3. The molecule has 1 atom stereocenters. The SMILES string of the molecule is CN=C(NCCCC(=O)NC1CC1)NCC(CO)c1ccccc1. The molecule has 1 aromatic carbocycles. The van der Waals surface area contributed by atoms with Crippen molar-refractivity contribution in [1.82, 2.24) is 16.0 Å². The lowest BCUT2D eigenvalue weighted by atomic mass is 10.0. The Morgan fingerprint density at radius 3 is 2.67 bits per heavy atom. The first kappa shape index (κ1) is 18.3. The zero-order chi connectivity index (χ0) is 17.2. The average molecular weight is 332 g/mol. The van der Waals surface area contributed by atoms with Gasteiger partial charge in [0.2, 0.25) is 5.91 Å². The fraction of sp³-hybridized carbons (Fsp3) is 0.556. The maximum atomic E-state index is 11.6. The fourth-order valence-electron chi connectivity index (χ4n) is 2.44. The molecule has 0 spiro atoms. The molecule has 24 heavy (non-hydrogen) atoms. The average Bonchev–Trinajstić information content (AvgIpc) is 3.42. The number of aliphatic hydroxyl groups is 1. The summed E-state index contributed by atoms with van der Waals surface area (Å²) in [6.07, 6.45) is 3.53. The van der Waals surface area contributed by atoms with Crippen molar-refractivity contribution >= 4 is 11.9 Å². The van der Waals surface area contributed by atoms with E-state index in [-0.39, 0.29) is 18.4 Å². The third kappa shape index (κ3) is 6.58. The number of guanidine groups is 1. The molecule has 132 valence electrons. The summed E-state index contributed by atoms with van der Waals surface area (Å²) >= 11 is 0. The molecule has 0 aliphatic heterocycles. The van der Waals surface area contributed by atoms with Crippen LogP contribution in [0.3, 0.4) is 0 Å². The number of carbonyl (C=O) groups excluding carboxylic acids is 1. The molecule has 0 bridgehead atoms. The first-order valence-corrected chi connectivity index (χ1v) is 8.62. The Morgan fingerprint density at radius 1 is 1.29 bits per heavy atom. The highest BCUT2D eigenvalue weighted by Crippen LogP contribution is 2.18. The van der Waals surface area contributed by atoms with E-state index >= 15 is 0 Å². The Hall–Kier alpha value is -2.08. The Labute approximate surface area is 143 Å². The Kier molecular flexibility index (Phi) is 7.55. The maximum Gasteiger partial charge on any atom is 0.220 e. The molecule has 0 aromatic heterocycles. The molecule has 6 nitrogen and oxygen atoms in total. The van der Waals surface area contributed by atoms with Crippen LogP contribution in [0.4, 0.5) is 0 Å². The molecule has 1 fully saturated rings. The van der Waals surface area contributed by atoms with Crippen molar-refractivity contribution in [2.45, 2.75) is 37.6 Å². The second-order valence-electron chi connectivity index (χ2n) is 6.12. The molecule has 1 amide bonds. The number of aliphatic hydroxyl groups excluding tert-OH is 1. The van der Waals surface area contributed by atoms with Gasteiger partial charge >= 0.3 is 0 Å². The highest BCUT2D eigenvalue weighted by Gasteiger charge is 2.22. The minimum Gasteiger partial charge on any atom is -0.396 e. The van der Waals surface area contributed by atoms with Gasteiger partial charge in [-0.3, -0.25) is 9.79 Å². The van der Waals surface area contributed by atoms with Gasteiger partial charge in [-0.1, -0.05) is 30.3 Å². The molecule has 1 unspecified atom stereocenters. The number of nitrogens with zero attached hydrogens (tertiary/aromatic N) is 1. The zero-order valence-corrected chi connectivity index (χ0v) is 14.3. The molecule has 0 saturated heterocycles. The Morgan fingerprint density at radius 2 is 2.04 bits per heavy atom. The van der Waals surface area contributed by atoms with Crippen molar-refractivity contribution in [3.63, 3.8) is 0 Å². The van der Waals surface area contributed by atoms with Gasteiger partial charge in [0.15, 0.2) is 5.96 Å². The van der Waals surface area contributed by atoms with Gasteiger partial charge in [0.05, 0.1) is 6.61 Å². The van der Waals surface area contributed by atoms with Gasteiger partial charge in [-0.15, -0.1) is 0 Å². The summed E-state index contributed by atoms with van der Waals surface area (Å²) in [6, 6.07) is 10.4. The van der Waals surface area contributed by atoms with Gasteiger partial charge in [-0.05, 0) is 24.8 Å². The van der Waals surface area contributed by atoms with E-state index < -0.39 is 0 Å². The monoisotopic (exact) mass is 332 g/mol. The number of hydrogen-bond donors (Lipinski definition) is 4. The smallest absolute Gasteiger partial charge is 0.220 e. The molecular formula is C18H28N4O2. The minimum atomic E-state index is 0.0223. The summed E-state index contributed by atoms with van der Waals surface area (Å²) in [5.41, 5.74) is 1.10. The number of nitrogens with one attached hydrogen (secondary N) is 3. The van der Waals surface area contributed by atoms with Crippen LogP contribution in [-0.2, 0) is 4.79 Å². The van der Waals surface area contributed by atoms with E-state index in [2.05, 4.69) is 20.9 Å². The molecule has 4 N–H and O–H groups in total. The molecular weight excluding hydrogens is 304 g/mol. The van der Waals surface area contributed by atoms with E-state index in [1.807, 2.05) is 30.3 Å². The summed E-state index contributed by atoms with van der Waals surface area (Å²) in [7, 11) is 1.71. The lowest BCUT2D eigenvalue weighted by Gasteiger charge is -2.18. The van der Waals surface area contributed by atoms with E-state index in [0.29, 0.717) is 31.5 Å². The first-order valence-electron chi connectivity index (χ1n) is 8.62. The van der Waals surface area contributed by atoms with Crippen molar-refractivity contribution in [3.8, 4) is 0 Å². The predicted molar refractivity (Wildman–Crippen MR) is 96.0 cm³/mol. The van der Waals surface area contributed by atoms with Gasteiger partial charge in [0.25, 0.3) is 0 Å². The van der Waals surface area contributed by atoms with Crippen LogP contribution in [0.2, 0.25) is 0 Å². The topological polar surface area (TPSA) is 85.8 Å². The summed E-state index contributed by atoms with van der Waals surface area (Å²) in [6.45, 7) is 1.37. The van der Waals surface area contributed by atoms with Crippen LogP contribution in [0.15, 0.2) is 35.3 Å². The molecule has 1 aliphatic rings. The number of rotatable bonds is 9. The van der Waals surface area contributed by atoms with E-state index in [9.17, 15) is 9.90 Å². The van der Waals surface area contributed by atoms with Crippen molar-refractivity contribution in [2.24, 2.45) is 4.99 Å². The first-order chi connectivity index (χ1) is 11.7. The second kappa shape index (κ2) is 9.93. The summed E-state index contributed by atoms with van der Waals surface area (Å²) in [5.74, 6) is 0.840. The van der Waals surface area contributed by atoms with Gasteiger partial charge in [-0.25, -0.2) is 0 Å². The quantitative estimate of drug-likeness (QED) is 0.309. The third-order valence-corrected chi connectivity index (χ3v) is 4.05. The van der Waals surface area contributed by atoms with E-state index in [0.717, 1.165) is 24.8 Å². The van der Waals surface area contributed by atoms with Crippen molar-refractivity contribution in [2.75, 3.05) is 26.7 Å². The minimum absolute atomic E-state index is 0.0223. The molecule has 2 rings (SSSR count). The number of amides is 1.